The van der Waals surface area contributed by atoms with E-state index in [1.807, 2.05) is 52.0 Å². The molecule has 30 heavy (non-hydrogen) atoms. The summed E-state index contributed by atoms with van der Waals surface area (Å²) in [5.74, 6) is 0.0146. The second-order valence-corrected chi connectivity index (χ2v) is 8.36. The lowest BCUT2D eigenvalue weighted by Gasteiger charge is -2.42. The maximum Gasteiger partial charge on any atom is 0.274 e. The van der Waals surface area contributed by atoms with Crippen LogP contribution in [0.4, 0.5) is 0 Å². The fourth-order valence-corrected chi connectivity index (χ4v) is 4.63. The molecule has 4 heterocycles. The van der Waals surface area contributed by atoms with Gasteiger partial charge >= 0.3 is 0 Å². The molecule has 2 aliphatic rings. The van der Waals surface area contributed by atoms with Gasteiger partial charge in [0.2, 0.25) is 0 Å². The molecule has 7 heteroatoms. The van der Waals surface area contributed by atoms with Crippen LogP contribution in [-0.2, 0) is 0 Å². The third-order valence-corrected chi connectivity index (χ3v) is 6.45. The first-order valence-electron chi connectivity index (χ1n) is 10.8. The lowest BCUT2D eigenvalue weighted by atomic mass is 10.0. The van der Waals surface area contributed by atoms with Crippen molar-refractivity contribution >= 4 is 11.6 Å². The monoisotopic (exact) mass is 404 g/mol. The first-order valence-corrected chi connectivity index (χ1v) is 10.8. The Morgan fingerprint density at radius 2 is 1.73 bits per heavy atom. The maximum atomic E-state index is 13.1. The molecule has 1 aromatic carbocycles. The Hall–Kier alpha value is -2.77. The van der Waals surface area contributed by atoms with E-state index in [1.165, 1.54) is 25.9 Å². The predicted octanol–water partition coefficient (Wildman–Crippen LogP) is 2.25. The summed E-state index contributed by atoms with van der Waals surface area (Å²) in [6.07, 6.45) is 7.89. The van der Waals surface area contributed by atoms with Crippen LogP contribution >= 0.6 is 0 Å². The van der Waals surface area contributed by atoms with E-state index in [1.54, 1.807) is 6.20 Å². The van der Waals surface area contributed by atoms with E-state index in [0.717, 1.165) is 43.1 Å². The van der Waals surface area contributed by atoms with Crippen molar-refractivity contribution in [2.24, 2.45) is 0 Å². The van der Waals surface area contributed by atoms with E-state index in [9.17, 15) is 4.79 Å². The number of fused-ring (bicyclic) bond motifs is 1. The van der Waals surface area contributed by atoms with Crippen LogP contribution in [0.5, 0.6) is 0 Å². The standard InChI is InChI=1S/C23H28N6O/c1-26-10-7-19(8-11-26)27-13-15-28(16-14-27)23(30)20-17-29-12-9-24-21(22(29)25-20)18-5-3-2-4-6-18/h2-6,9,12,17,19H,7-8,10-11,13-16H2,1H3. The highest BCUT2D eigenvalue weighted by Crippen LogP contribution is 2.22. The van der Waals surface area contributed by atoms with Gasteiger partial charge in [0.1, 0.15) is 11.4 Å². The van der Waals surface area contributed by atoms with Gasteiger partial charge in [0.15, 0.2) is 5.65 Å². The van der Waals surface area contributed by atoms with Crippen molar-refractivity contribution in [1.29, 1.82) is 0 Å². The smallest absolute Gasteiger partial charge is 0.274 e. The number of carbonyl (C=O) groups excluding carboxylic acids is 1. The first-order chi connectivity index (χ1) is 14.7. The number of aromatic nitrogens is 3. The van der Waals surface area contributed by atoms with E-state index in [2.05, 4.69) is 26.8 Å². The Kier molecular flexibility index (Phi) is 5.23. The van der Waals surface area contributed by atoms with Crippen molar-refractivity contribution in [3.8, 4) is 11.3 Å². The number of nitrogens with zero attached hydrogens (tertiary/aromatic N) is 6. The highest BCUT2D eigenvalue weighted by atomic mass is 16.2. The molecular weight excluding hydrogens is 376 g/mol. The number of rotatable bonds is 3. The number of hydrogen-bond acceptors (Lipinski definition) is 5. The van der Waals surface area contributed by atoms with E-state index in [-0.39, 0.29) is 5.91 Å². The van der Waals surface area contributed by atoms with Gasteiger partial charge in [0, 0.05) is 56.4 Å². The molecular formula is C23H28N6O. The highest BCUT2D eigenvalue weighted by Gasteiger charge is 2.29. The Bertz CT molecular complexity index is 1020. The maximum absolute atomic E-state index is 13.1. The summed E-state index contributed by atoms with van der Waals surface area (Å²) in [6, 6.07) is 10.6. The van der Waals surface area contributed by atoms with E-state index >= 15 is 0 Å². The molecule has 0 unspecified atom stereocenters. The Balaban J connectivity index is 1.30. The third kappa shape index (κ3) is 3.70. The molecule has 0 spiro atoms. The van der Waals surface area contributed by atoms with Crippen molar-refractivity contribution in [2.45, 2.75) is 18.9 Å². The Morgan fingerprint density at radius 3 is 2.47 bits per heavy atom. The lowest BCUT2D eigenvalue weighted by molar-refractivity contribution is 0.0471. The molecule has 0 saturated carbocycles. The zero-order chi connectivity index (χ0) is 20.5. The quantitative estimate of drug-likeness (QED) is 0.670. The fourth-order valence-electron chi connectivity index (χ4n) is 4.63. The van der Waals surface area contributed by atoms with Crippen LogP contribution in [0.25, 0.3) is 16.9 Å². The molecule has 7 nitrogen and oxygen atoms in total. The SMILES string of the molecule is CN1CCC(N2CCN(C(=O)c3cn4ccnc(-c5ccccc5)c4n3)CC2)CC1. The molecule has 5 rings (SSSR count). The molecule has 0 N–H and O–H groups in total. The minimum Gasteiger partial charge on any atom is -0.335 e. The topological polar surface area (TPSA) is 57.0 Å². The van der Waals surface area contributed by atoms with Crippen molar-refractivity contribution in [3.05, 3.63) is 54.6 Å². The van der Waals surface area contributed by atoms with Crippen molar-refractivity contribution in [3.63, 3.8) is 0 Å². The molecule has 3 aromatic rings. The minimum absolute atomic E-state index is 0.0146. The van der Waals surface area contributed by atoms with Gasteiger partial charge in [-0.15, -0.1) is 0 Å². The van der Waals surface area contributed by atoms with Crippen LogP contribution in [0, 0.1) is 0 Å². The molecule has 0 bridgehead atoms. The van der Waals surface area contributed by atoms with Gasteiger partial charge in [-0.3, -0.25) is 14.7 Å². The summed E-state index contributed by atoms with van der Waals surface area (Å²) in [7, 11) is 2.19. The van der Waals surface area contributed by atoms with Crippen LogP contribution in [0.1, 0.15) is 23.3 Å². The minimum atomic E-state index is 0.0146. The molecule has 1 amide bonds. The van der Waals surface area contributed by atoms with Gasteiger partial charge in [-0.2, -0.15) is 0 Å². The largest absolute Gasteiger partial charge is 0.335 e. The van der Waals surface area contributed by atoms with Crippen molar-refractivity contribution in [1.82, 2.24) is 29.1 Å². The van der Waals surface area contributed by atoms with Crippen LogP contribution < -0.4 is 0 Å². The number of benzene rings is 1. The molecule has 0 radical (unpaired) electrons. The number of carbonyl (C=O) groups is 1. The van der Waals surface area contributed by atoms with Gasteiger partial charge in [-0.05, 0) is 33.0 Å². The summed E-state index contributed by atoms with van der Waals surface area (Å²) in [6.45, 7) is 5.77. The normalized spacial score (nSPS) is 19.4. The Morgan fingerprint density at radius 1 is 1.00 bits per heavy atom. The average molecular weight is 405 g/mol. The summed E-state index contributed by atoms with van der Waals surface area (Å²) >= 11 is 0. The highest BCUT2D eigenvalue weighted by molar-refractivity contribution is 5.93. The number of piperidine rings is 1. The molecule has 0 aliphatic carbocycles. The molecule has 156 valence electrons. The van der Waals surface area contributed by atoms with Gasteiger partial charge in [0.25, 0.3) is 5.91 Å². The number of hydrogen-bond donors (Lipinski definition) is 0. The summed E-state index contributed by atoms with van der Waals surface area (Å²) in [4.78, 5) is 29.2. The molecule has 2 saturated heterocycles. The number of piperazine rings is 1. The van der Waals surface area contributed by atoms with Gasteiger partial charge in [-0.25, -0.2) is 4.98 Å². The second kappa shape index (κ2) is 8.16. The third-order valence-electron chi connectivity index (χ3n) is 6.45. The molecule has 2 aromatic heterocycles. The zero-order valence-electron chi connectivity index (χ0n) is 17.4. The van der Waals surface area contributed by atoms with E-state index in [0.29, 0.717) is 11.7 Å². The first kappa shape index (κ1) is 19.2. The van der Waals surface area contributed by atoms with Gasteiger partial charge in [-0.1, -0.05) is 30.3 Å². The predicted molar refractivity (Wildman–Crippen MR) is 116 cm³/mol. The average Bonchev–Trinajstić information content (AvgIpc) is 3.24. The van der Waals surface area contributed by atoms with E-state index in [4.69, 9.17) is 0 Å². The Labute approximate surface area is 176 Å². The fraction of sp³-hybridized carbons (Fsp3) is 0.435. The summed E-state index contributed by atoms with van der Waals surface area (Å²) < 4.78 is 1.90. The molecule has 2 fully saturated rings. The van der Waals surface area contributed by atoms with Gasteiger partial charge < -0.3 is 14.2 Å². The zero-order valence-corrected chi connectivity index (χ0v) is 17.4. The molecule has 0 atom stereocenters. The summed E-state index contributed by atoms with van der Waals surface area (Å²) in [5, 5.41) is 0. The van der Waals surface area contributed by atoms with Crippen molar-refractivity contribution < 1.29 is 4.79 Å². The number of imidazole rings is 1. The van der Waals surface area contributed by atoms with Gasteiger partial charge in [0.05, 0.1) is 0 Å². The second-order valence-electron chi connectivity index (χ2n) is 8.36. The van der Waals surface area contributed by atoms with E-state index < -0.39 is 0 Å². The van der Waals surface area contributed by atoms with Crippen LogP contribution in [0.15, 0.2) is 48.9 Å². The lowest BCUT2D eigenvalue weighted by Crippen LogP contribution is -2.54. The number of likely N-dealkylation sites (tertiary alicyclic amines) is 1. The van der Waals surface area contributed by atoms with Crippen LogP contribution in [-0.4, -0.2) is 87.3 Å². The summed E-state index contributed by atoms with van der Waals surface area (Å²) in [5.41, 5.74) is 3.01. The van der Waals surface area contributed by atoms with Crippen LogP contribution in [0.2, 0.25) is 0 Å². The van der Waals surface area contributed by atoms with Crippen LogP contribution in [0.3, 0.4) is 0 Å². The van der Waals surface area contributed by atoms with Crippen molar-refractivity contribution in [2.75, 3.05) is 46.3 Å². The molecule has 2 aliphatic heterocycles. The number of amides is 1.